The van der Waals surface area contributed by atoms with Crippen LogP contribution in [0.25, 0.3) is 10.8 Å². The molecule has 0 bridgehead atoms. The van der Waals surface area contributed by atoms with Gasteiger partial charge < -0.3 is 10.2 Å². The summed E-state index contributed by atoms with van der Waals surface area (Å²) in [6, 6.07) is 13.3. The Balaban J connectivity index is 0.000000361. The molecule has 31 heavy (non-hydrogen) atoms. The second-order valence-electron chi connectivity index (χ2n) is 8.59. The van der Waals surface area contributed by atoms with E-state index in [0.29, 0.717) is 12.2 Å². The number of hydrogen-bond acceptors (Lipinski definition) is 2. The van der Waals surface area contributed by atoms with Crippen molar-refractivity contribution in [3.63, 3.8) is 0 Å². The highest BCUT2D eigenvalue weighted by Gasteiger charge is 1.97. The SMILES string of the molecule is CCCCCCCCCCCCCCCCCC(=O)O.Oc1cccc2ccccc12. The highest BCUT2D eigenvalue weighted by atomic mass is 16.4. The smallest absolute Gasteiger partial charge is 0.303 e. The monoisotopic (exact) mass is 428 g/mol. The van der Waals surface area contributed by atoms with E-state index in [1.165, 1.54) is 83.5 Å². The van der Waals surface area contributed by atoms with Crippen LogP contribution in [0.2, 0.25) is 0 Å². The molecule has 0 aliphatic rings. The molecule has 0 aromatic heterocycles. The Morgan fingerprint density at radius 1 is 0.645 bits per heavy atom. The average Bonchev–Trinajstić information content (AvgIpc) is 2.77. The number of rotatable bonds is 16. The lowest BCUT2D eigenvalue weighted by Crippen LogP contribution is -1.93. The number of phenolic OH excluding ortho intramolecular Hbond substituents is 1. The van der Waals surface area contributed by atoms with Crippen molar-refractivity contribution in [1.29, 1.82) is 0 Å². The molecule has 0 amide bonds. The van der Waals surface area contributed by atoms with Crippen molar-refractivity contribution in [3.05, 3.63) is 42.5 Å². The van der Waals surface area contributed by atoms with Crippen LogP contribution in [-0.2, 0) is 4.79 Å². The molecular weight excluding hydrogens is 384 g/mol. The van der Waals surface area contributed by atoms with E-state index in [1.807, 2.05) is 36.4 Å². The molecule has 0 atom stereocenters. The molecule has 0 radical (unpaired) electrons. The van der Waals surface area contributed by atoms with Crippen LogP contribution >= 0.6 is 0 Å². The summed E-state index contributed by atoms with van der Waals surface area (Å²) in [6.45, 7) is 2.27. The quantitative estimate of drug-likeness (QED) is 0.262. The Labute approximate surface area is 189 Å². The van der Waals surface area contributed by atoms with Gasteiger partial charge >= 0.3 is 5.97 Å². The maximum atomic E-state index is 10.3. The maximum absolute atomic E-state index is 10.3. The average molecular weight is 429 g/mol. The topological polar surface area (TPSA) is 57.5 Å². The number of aromatic hydroxyl groups is 1. The number of hydrogen-bond donors (Lipinski definition) is 2. The Morgan fingerprint density at radius 2 is 1.10 bits per heavy atom. The zero-order chi connectivity index (χ0) is 22.6. The van der Waals surface area contributed by atoms with Gasteiger partial charge in [-0.25, -0.2) is 0 Å². The molecule has 174 valence electrons. The molecule has 2 aromatic rings. The summed E-state index contributed by atoms with van der Waals surface area (Å²) in [5.74, 6) is -0.303. The Bertz CT molecular complexity index is 690. The first-order valence-corrected chi connectivity index (χ1v) is 12.5. The van der Waals surface area contributed by atoms with E-state index in [1.54, 1.807) is 6.07 Å². The molecule has 3 nitrogen and oxygen atoms in total. The molecule has 0 unspecified atom stereocenters. The number of fused-ring (bicyclic) bond motifs is 1. The molecule has 0 aliphatic carbocycles. The first-order valence-electron chi connectivity index (χ1n) is 12.5. The predicted octanol–water partition coefficient (Wildman–Crippen LogP) is 8.88. The Kier molecular flexibility index (Phi) is 16.3. The number of benzene rings is 2. The predicted molar refractivity (Wildman–Crippen MR) is 133 cm³/mol. The minimum Gasteiger partial charge on any atom is -0.507 e. The summed E-state index contributed by atoms with van der Waals surface area (Å²) < 4.78 is 0. The lowest BCUT2D eigenvalue weighted by molar-refractivity contribution is -0.137. The zero-order valence-electron chi connectivity index (χ0n) is 19.7. The lowest BCUT2D eigenvalue weighted by atomic mass is 10.0. The van der Waals surface area contributed by atoms with Crippen LogP contribution < -0.4 is 0 Å². The van der Waals surface area contributed by atoms with E-state index in [9.17, 15) is 9.90 Å². The lowest BCUT2D eigenvalue weighted by Gasteiger charge is -2.03. The van der Waals surface area contributed by atoms with E-state index in [4.69, 9.17) is 5.11 Å². The minimum absolute atomic E-state index is 0.345. The fourth-order valence-electron chi connectivity index (χ4n) is 3.86. The number of carboxylic acids is 1. The van der Waals surface area contributed by atoms with Crippen LogP contribution in [0.5, 0.6) is 5.75 Å². The molecule has 0 saturated carbocycles. The van der Waals surface area contributed by atoms with Crippen molar-refractivity contribution in [2.75, 3.05) is 0 Å². The molecule has 2 aromatic carbocycles. The first-order chi connectivity index (χ1) is 15.1. The molecule has 0 aliphatic heterocycles. The number of carboxylic acid groups (broad SMARTS) is 1. The van der Waals surface area contributed by atoms with Crippen LogP contribution in [0, 0.1) is 0 Å². The van der Waals surface area contributed by atoms with Crippen LogP contribution in [0.4, 0.5) is 0 Å². The zero-order valence-corrected chi connectivity index (χ0v) is 19.7. The van der Waals surface area contributed by atoms with Gasteiger partial charge in [0.05, 0.1) is 0 Å². The molecule has 2 N–H and O–H groups in total. The second-order valence-corrected chi connectivity index (χ2v) is 8.59. The van der Waals surface area contributed by atoms with Crippen molar-refractivity contribution in [3.8, 4) is 5.75 Å². The third-order valence-electron chi connectivity index (χ3n) is 5.76. The van der Waals surface area contributed by atoms with Gasteiger partial charge in [-0.3, -0.25) is 4.79 Å². The summed E-state index contributed by atoms with van der Waals surface area (Å²) in [5, 5.41) is 19.9. The van der Waals surface area contributed by atoms with Gasteiger partial charge in [0.2, 0.25) is 0 Å². The van der Waals surface area contributed by atoms with Gasteiger partial charge in [0.25, 0.3) is 0 Å². The van der Waals surface area contributed by atoms with E-state index >= 15 is 0 Å². The third-order valence-corrected chi connectivity index (χ3v) is 5.76. The van der Waals surface area contributed by atoms with Gasteiger partial charge in [0.1, 0.15) is 5.75 Å². The second kappa shape index (κ2) is 18.7. The van der Waals surface area contributed by atoms with Crippen LogP contribution in [-0.4, -0.2) is 16.2 Å². The number of aliphatic carboxylic acids is 1. The molecule has 0 heterocycles. The van der Waals surface area contributed by atoms with E-state index in [0.717, 1.165) is 23.6 Å². The molecule has 2 rings (SSSR count). The molecule has 0 saturated heterocycles. The third kappa shape index (κ3) is 14.6. The summed E-state index contributed by atoms with van der Waals surface area (Å²) >= 11 is 0. The number of unbranched alkanes of at least 4 members (excludes halogenated alkanes) is 14. The fraction of sp³-hybridized carbons (Fsp3) is 0.607. The van der Waals surface area contributed by atoms with E-state index in [-0.39, 0.29) is 0 Å². The van der Waals surface area contributed by atoms with Crippen LogP contribution in [0.3, 0.4) is 0 Å². The van der Waals surface area contributed by atoms with E-state index in [2.05, 4.69) is 6.92 Å². The maximum Gasteiger partial charge on any atom is 0.303 e. The standard InChI is InChI=1S/C18H36O2.C10H8O/c1-2-3-4-5-6-7-8-9-10-11-12-13-14-15-16-17-18(19)20;11-10-7-3-5-8-4-1-2-6-9(8)10/h2-17H2,1H3,(H,19,20);1-7,11H. The molecule has 0 spiro atoms. The van der Waals surface area contributed by atoms with Gasteiger partial charge in [-0.2, -0.15) is 0 Å². The van der Waals surface area contributed by atoms with Gasteiger partial charge in [-0.1, -0.05) is 133 Å². The normalized spacial score (nSPS) is 10.6. The highest BCUT2D eigenvalue weighted by Crippen LogP contribution is 2.23. The van der Waals surface area contributed by atoms with Crippen molar-refractivity contribution < 1.29 is 15.0 Å². The summed E-state index contributed by atoms with van der Waals surface area (Å²) in [5.41, 5.74) is 0. The van der Waals surface area contributed by atoms with Gasteiger partial charge in [0.15, 0.2) is 0 Å². The van der Waals surface area contributed by atoms with Crippen LogP contribution in [0.15, 0.2) is 42.5 Å². The van der Waals surface area contributed by atoms with Crippen LogP contribution in [0.1, 0.15) is 110 Å². The van der Waals surface area contributed by atoms with E-state index < -0.39 is 5.97 Å². The van der Waals surface area contributed by atoms with Crippen molar-refractivity contribution in [1.82, 2.24) is 0 Å². The van der Waals surface area contributed by atoms with Crippen molar-refractivity contribution >= 4 is 16.7 Å². The molecular formula is C28H44O3. The molecule has 3 heteroatoms. The number of carbonyl (C=O) groups is 1. The van der Waals surface area contributed by atoms with Gasteiger partial charge in [0, 0.05) is 11.8 Å². The molecule has 0 fully saturated rings. The largest absolute Gasteiger partial charge is 0.507 e. The Hall–Kier alpha value is -2.03. The van der Waals surface area contributed by atoms with Crippen molar-refractivity contribution in [2.24, 2.45) is 0 Å². The Morgan fingerprint density at radius 3 is 1.58 bits per heavy atom. The van der Waals surface area contributed by atoms with Crippen molar-refractivity contribution in [2.45, 2.75) is 110 Å². The number of phenols is 1. The summed E-state index contributed by atoms with van der Waals surface area (Å²) in [4.78, 5) is 10.3. The first kappa shape index (κ1) is 27.0. The van der Waals surface area contributed by atoms with Gasteiger partial charge in [-0.05, 0) is 17.9 Å². The minimum atomic E-state index is -0.653. The van der Waals surface area contributed by atoms with Gasteiger partial charge in [-0.15, -0.1) is 0 Å². The summed E-state index contributed by atoms with van der Waals surface area (Å²) in [7, 11) is 0. The summed E-state index contributed by atoms with van der Waals surface area (Å²) in [6.07, 6.45) is 20.2. The highest BCUT2D eigenvalue weighted by molar-refractivity contribution is 5.87. The fourth-order valence-corrected chi connectivity index (χ4v) is 3.86.